The molecule has 1 unspecified atom stereocenters. The maximum Gasteiger partial charge on any atom is 0.0406 e. The van der Waals surface area contributed by atoms with Crippen LogP contribution in [0, 0.1) is 5.41 Å². The molecule has 0 aromatic heterocycles. The second-order valence-corrected chi connectivity index (χ2v) is 6.21. The van der Waals surface area contributed by atoms with Crippen LogP contribution in [-0.4, -0.2) is 0 Å². The van der Waals surface area contributed by atoms with Gasteiger partial charge in [0.05, 0.1) is 0 Å². The van der Waals surface area contributed by atoms with E-state index in [0.29, 0.717) is 5.41 Å². The fourth-order valence-electron chi connectivity index (χ4n) is 2.46. The van der Waals surface area contributed by atoms with Gasteiger partial charge in [0.2, 0.25) is 0 Å². The summed E-state index contributed by atoms with van der Waals surface area (Å²) in [5.74, 6) is 0. The molecule has 1 aromatic rings. The van der Waals surface area contributed by atoms with Crippen molar-refractivity contribution in [2.75, 3.05) is 0 Å². The summed E-state index contributed by atoms with van der Waals surface area (Å²) in [5.41, 5.74) is 1.86. The predicted molar refractivity (Wildman–Crippen MR) is 82.3 cm³/mol. The average molecular weight is 267 g/mol. The smallest absolute Gasteiger partial charge is 0.0406 e. The van der Waals surface area contributed by atoms with Crippen molar-refractivity contribution in [3.05, 3.63) is 34.9 Å². The molecule has 0 amide bonds. The van der Waals surface area contributed by atoms with E-state index < -0.39 is 0 Å². The van der Waals surface area contributed by atoms with Crippen molar-refractivity contribution in [1.29, 1.82) is 0 Å². The molecule has 0 heterocycles. The largest absolute Gasteiger partial charge is 0.0843 e. The summed E-state index contributed by atoms with van der Waals surface area (Å²) < 4.78 is 0. The molecular formula is C17H27Cl. The van der Waals surface area contributed by atoms with Crippen LogP contribution in [-0.2, 0) is 6.42 Å². The second kappa shape index (κ2) is 7.84. The molecule has 0 bridgehead atoms. The van der Waals surface area contributed by atoms with E-state index >= 15 is 0 Å². The first-order valence-electron chi connectivity index (χ1n) is 7.34. The first-order valence-corrected chi connectivity index (χ1v) is 7.72. The fraction of sp³-hybridized carbons (Fsp3) is 0.647. The lowest BCUT2D eigenvalue weighted by atomic mass is 9.77. The van der Waals surface area contributed by atoms with Crippen molar-refractivity contribution < 1.29 is 0 Å². The van der Waals surface area contributed by atoms with Gasteiger partial charge in [-0.05, 0) is 36.0 Å². The Morgan fingerprint density at radius 2 is 1.67 bits per heavy atom. The van der Waals surface area contributed by atoms with Gasteiger partial charge in [-0.25, -0.2) is 0 Å². The zero-order valence-electron chi connectivity index (χ0n) is 12.1. The fourth-order valence-corrected chi connectivity index (χ4v) is 2.59. The topological polar surface area (TPSA) is 0 Å². The number of halogens is 1. The van der Waals surface area contributed by atoms with Crippen LogP contribution < -0.4 is 0 Å². The molecule has 0 saturated heterocycles. The number of benzene rings is 1. The second-order valence-electron chi connectivity index (χ2n) is 5.78. The van der Waals surface area contributed by atoms with Crippen molar-refractivity contribution in [1.82, 2.24) is 0 Å². The van der Waals surface area contributed by atoms with Crippen molar-refractivity contribution in [2.45, 2.75) is 65.7 Å². The van der Waals surface area contributed by atoms with Gasteiger partial charge in [-0.2, -0.15) is 0 Å². The first-order chi connectivity index (χ1) is 8.59. The van der Waals surface area contributed by atoms with E-state index in [1.165, 1.54) is 50.5 Å². The lowest BCUT2D eigenvalue weighted by Crippen LogP contribution is -2.18. The lowest BCUT2D eigenvalue weighted by molar-refractivity contribution is 0.270. The Balaban J connectivity index is 2.50. The van der Waals surface area contributed by atoms with Gasteiger partial charge in [-0.15, -0.1) is 0 Å². The van der Waals surface area contributed by atoms with Crippen LogP contribution in [0.5, 0.6) is 0 Å². The maximum atomic E-state index is 5.94. The van der Waals surface area contributed by atoms with E-state index in [-0.39, 0.29) is 0 Å². The molecule has 0 aliphatic rings. The van der Waals surface area contributed by atoms with E-state index in [9.17, 15) is 0 Å². The summed E-state index contributed by atoms with van der Waals surface area (Å²) in [6.45, 7) is 7.01. The van der Waals surface area contributed by atoms with Crippen LogP contribution in [0.25, 0.3) is 0 Å². The van der Waals surface area contributed by atoms with Gasteiger partial charge in [0.25, 0.3) is 0 Å². The van der Waals surface area contributed by atoms with Crippen LogP contribution in [0.15, 0.2) is 24.3 Å². The Bertz CT molecular complexity index is 328. The van der Waals surface area contributed by atoms with E-state index in [4.69, 9.17) is 11.6 Å². The zero-order valence-corrected chi connectivity index (χ0v) is 12.9. The van der Waals surface area contributed by atoms with E-state index in [2.05, 4.69) is 32.9 Å². The van der Waals surface area contributed by atoms with Gasteiger partial charge in [0.1, 0.15) is 0 Å². The van der Waals surface area contributed by atoms with E-state index in [0.717, 1.165) is 5.02 Å². The molecule has 1 rings (SSSR count). The highest BCUT2D eigenvalue weighted by molar-refractivity contribution is 6.30. The molecule has 102 valence electrons. The van der Waals surface area contributed by atoms with E-state index in [1.54, 1.807) is 0 Å². The highest BCUT2D eigenvalue weighted by Crippen LogP contribution is 2.33. The van der Waals surface area contributed by atoms with Gasteiger partial charge in [0.15, 0.2) is 0 Å². The highest BCUT2D eigenvalue weighted by Gasteiger charge is 2.21. The maximum absolute atomic E-state index is 5.94. The van der Waals surface area contributed by atoms with Gasteiger partial charge < -0.3 is 0 Å². The first kappa shape index (κ1) is 15.6. The standard InChI is InChI=1S/C17H27Cl/c1-4-6-7-8-13-17(3,5-2)14-15-9-11-16(18)12-10-15/h9-12H,4-8,13-14H2,1-3H3. The minimum atomic E-state index is 0.446. The highest BCUT2D eigenvalue weighted by atomic mass is 35.5. The third-order valence-corrected chi connectivity index (χ3v) is 4.28. The van der Waals surface area contributed by atoms with Crippen LogP contribution in [0.2, 0.25) is 5.02 Å². The molecule has 0 saturated carbocycles. The molecule has 0 aliphatic heterocycles. The van der Waals surface area contributed by atoms with Gasteiger partial charge in [-0.1, -0.05) is 76.6 Å². The normalized spacial score (nSPS) is 14.4. The molecule has 1 atom stereocenters. The Morgan fingerprint density at radius 1 is 1.00 bits per heavy atom. The minimum absolute atomic E-state index is 0.446. The number of hydrogen-bond acceptors (Lipinski definition) is 0. The molecule has 0 aliphatic carbocycles. The molecular weight excluding hydrogens is 240 g/mol. The van der Waals surface area contributed by atoms with Crippen molar-refractivity contribution >= 4 is 11.6 Å². The minimum Gasteiger partial charge on any atom is -0.0843 e. The monoisotopic (exact) mass is 266 g/mol. The average Bonchev–Trinajstić information content (AvgIpc) is 2.38. The number of rotatable bonds is 8. The lowest BCUT2D eigenvalue weighted by Gasteiger charge is -2.28. The summed E-state index contributed by atoms with van der Waals surface area (Å²) in [6.07, 6.45) is 9.21. The van der Waals surface area contributed by atoms with Crippen LogP contribution in [0.1, 0.15) is 64.9 Å². The molecule has 1 heteroatoms. The van der Waals surface area contributed by atoms with Crippen molar-refractivity contribution in [2.24, 2.45) is 5.41 Å². The van der Waals surface area contributed by atoms with E-state index in [1.807, 2.05) is 12.1 Å². The third kappa shape index (κ3) is 5.44. The summed E-state index contributed by atoms with van der Waals surface area (Å²) in [7, 11) is 0. The van der Waals surface area contributed by atoms with Gasteiger partial charge in [-0.3, -0.25) is 0 Å². The molecule has 1 aromatic carbocycles. The molecule has 18 heavy (non-hydrogen) atoms. The van der Waals surface area contributed by atoms with Gasteiger partial charge >= 0.3 is 0 Å². The molecule has 0 radical (unpaired) electrons. The van der Waals surface area contributed by atoms with Crippen LogP contribution in [0.4, 0.5) is 0 Å². The Morgan fingerprint density at radius 3 is 2.22 bits per heavy atom. The van der Waals surface area contributed by atoms with Crippen LogP contribution in [0.3, 0.4) is 0 Å². The number of unbranched alkanes of at least 4 members (excludes halogenated alkanes) is 3. The predicted octanol–water partition coefficient (Wildman–Crippen LogP) is 6.27. The SMILES string of the molecule is CCCCCCC(C)(CC)Cc1ccc(Cl)cc1. The summed E-state index contributed by atoms with van der Waals surface area (Å²) in [5, 5.41) is 0.833. The van der Waals surface area contributed by atoms with Gasteiger partial charge in [0, 0.05) is 5.02 Å². The zero-order chi connectivity index (χ0) is 13.4. The molecule has 0 nitrogen and oxygen atoms in total. The summed E-state index contributed by atoms with van der Waals surface area (Å²) >= 11 is 5.94. The number of hydrogen-bond donors (Lipinski definition) is 0. The quantitative estimate of drug-likeness (QED) is 0.487. The molecule has 0 N–H and O–H groups in total. The molecule has 0 fully saturated rings. The summed E-state index contributed by atoms with van der Waals surface area (Å²) in [6, 6.07) is 8.35. The Kier molecular flexibility index (Phi) is 6.78. The molecule has 0 spiro atoms. The van der Waals surface area contributed by atoms with Crippen molar-refractivity contribution in [3.63, 3.8) is 0 Å². The Labute approximate surface area is 118 Å². The Hall–Kier alpha value is -0.490. The summed E-state index contributed by atoms with van der Waals surface area (Å²) in [4.78, 5) is 0. The van der Waals surface area contributed by atoms with Crippen molar-refractivity contribution in [3.8, 4) is 0 Å². The third-order valence-electron chi connectivity index (χ3n) is 4.03. The van der Waals surface area contributed by atoms with Crippen LogP contribution >= 0.6 is 11.6 Å².